The molecule has 2 aromatic carbocycles. The summed E-state index contributed by atoms with van der Waals surface area (Å²) in [5.41, 5.74) is 2.62. The Bertz CT molecular complexity index is 784. The highest BCUT2D eigenvalue weighted by molar-refractivity contribution is 5.79. The molecule has 0 N–H and O–H groups in total. The van der Waals surface area contributed by atoms with Crippen LogP contribution in [0.2, 0.25) is 0 Å². The van der Waals surface area contributed by atoms with Gasteiger partial charge in [-0.05, 0) is 68.0 Å². The van der Waals surface area contributed by atoms with Gasteiger partial charge in [-0.2, -0.15) is 0 Å². The number of rotatable bonds is 5. The second-order valence-electron chi connectivity index (χ2n) is 7.98. The van der Waals surface area contributed by atoms with Crippen LogP contribution in [0.1, 0.15) is 48.8 Å². The molecule has 0 saturated carbocycles. The van der Waals surface area contributed by atoms with Crippen molar-refractivity contribution in [1.82, 2.24) is 9.80 Å². The summed E-state index contributed by atoms with van der Waals surface area (Å²) in [6.45, 7) is 3.41. The van der Waals surface area contributed by atoms with Crippen molar-refractivity contribution in [3.05, 3.63) is 65.7 Å². The molecule has 4 rings (SSSR count). The van der Waals surface area contributed by atoms with Crippen LogP contribution in [-0.4, -0.2) is 49.0 Å². The van der Waals surface area contributed by atoms with Crippen LogP contribution in [0.3, 0.4) is 0 Å². The Morgan fingerprint density at radius 3 is 2.46 bits per heavy atom. The van der Waals surface area contributed by atoms with Crippen molar-refractivity contribution in [2.75, 3.05) is 33.3 Å². The molecule has 2 fully saturated rings. The fourth-order valence-electron chi connectivity index (χ4n) is 4.69. The minimum Gasteiger partial charge on any atom is -0.497 e. The average molecular weight is 379 g/mol. The van der Waals surface area contributed by atoms with E-state index in [0.717, 1.165) is 51.1 Å². The summed E-state index contributed by atoms with van der Waals surface area (Å²) in [5, 5.41) is 0. The maximum absolute atomic E-state index is 13.1. The molecule has 1 amide bonds. The zero-order valence-corrected chi connectivity index (χ0v) is 16.7. The SMILES string of the molecule is COc1cccc(C2CCCN2C(=O)CN2CCC(c3ccccc3)CC2)c1. The van der Waals surface area contributed by atoms with Gasteiger partial charge in [0.15, 0.2) is 0 Å². The van der Waals surface area contributed by atoms with Crippen LogP contribution in [-0.2, 0) is 4.79 Å². The van der Waals surface area contributed by atoms with Crippen LogP contribution in [0.25, 0.3) is 0 Å². The van der Waals surface area contributed by atoms with E-state index >= 15 is 0 Å². The van der Waals surface area contributed by atoms with Gasteiger partial charge >= 0.3 is 0 Å². The highest BCUT2D eigenvalue weighted by atomic mass is 16.5. The van der Waals surface area contributed by atoms with Gasteiger partial charge in [0.25, 0.3) is 0 Å². The van der Waals surface area contributed by atoms with Gasteiger partial charge in [0.2, 0.25) is 5.91 Å². The molecule has 2 aromatic rings. The standard InChI is InChI=1S/C24H30N2O2/c1-28-22-10-5-9-21(17-22)23-11-6-14-26(23)24(27)18-25-15-12-20(13-16-25)19-7-3-2-4-8-19/h2-5,7-10,17,20,23H,6,11-16,18H2,1H3. The summed E-state index contributed by atoms with van der Waals surface area (Å²) in [5.74, 6) is 1.76. The predicted octanol–water partition coefficient (Wildman–Crippen LogP) is 4.24. The van der Waals surface area contributed by atoms with E-state index in [2.05, 4.69) is 52.3 Å². The summed E-state index contributed by atoms with van der Waals surface area (Å²) in [7, 11) is 1.69. The Kier molecular flexibility index (Phi) is 5.96. The molecule has 2 aliphatic rings. The van der Waals surface area contributed by atoms with Gasteiger partial charge < -0.3 is 9.64 Å². The van der Waals surface area contributed by atoms with Crippen LogP contribution in [0.15, 0.2) is 54.6 Å². The molecule has 28 heavy (non-hydrogen) atoms. The Morgan fingerprint density at radius 1 is 0.964 bits per heavy atom. The molecule has 4 nitrogen and oxygen atoms in total. The lowest BCUT2D eigenvalue weighted by atomic mass is 9.89. The van der Waals surface area contributed by atoms with E-state index in [1.165, 1.54) is 11.1 Å². The number of amides is 1. The molecule has 1 atom stereocenters. The average Bonchev–Trinajstić information content (AvgIpc) is 3.25. The molecule has 1 unspecified atom stereocenters. The van der Waals surface area contributed by atoms with Gasteiger partial charge in [0.05, 0.1) is 19.7 Å². The lowest BCUT2D eigenvalue weighted by Gasteiger charge is -2.34. The van der Waals surface area contributed by atoms with Crippen LogP contribution in [0.4, 0.5) is 0 Å². The number of hydrogen-bond donors (Lipinski definition) is 0. The normalized spacial score (nSPS) is 21.0. The molecule has 4 heteroatoms. The largest absolute Gasteiger partial charge is 0.497 e. The number of methoxy groups -OCH3 is 1. The Morgan fingerprint density at radius 2 is 1.71 bits per heavy atom. The molecule has 2 heterocycles. The van der Waals surface area contributed by atoms with Crippen LogP contribution < -0.4 is 4.74 Å². The van der Waals surface area contributed by atoms with Gasteiger partial charge in [0.1, 0.15) is 5.75 Å². The maximum atomic E-state index is 13.1. The first kappa shape index (κ1) is 19.0. The first-order chi connectivity index (χ1) is 13.7. The topological polar surface area (TPSA) is 32.8 Å². The monoisotopic (exact) mass is 378 g/mol. The molecule has 0 aliphatic carbocycles. The minimum absolute atomic E-state index is 0.185. The van der Waals surface area contributed by atoms with Gasteiger partial charge in [-0.1, -0.05) is 42.5 Å². The highest BCUT2D eigenvalue weighted by Gasteiger charge is 2.31. The van der Waals surface area contributed by atoms with Crippen molar-refractivity contribution in [1.29, 1.82) is 0 Å². The minimum atomic E-state index is 0.185. The zero-order valence-electron chi connectivity index (χ0n) is 16.7. The second-order valence-corrected chi connectivity index (χ2v) is 7.98. The molecule has 148 valence electrons. The number of nitrogens with zero attached hydrogens (tertiary/aromatic N) is 2. The van der Waals surface area contributed by atoms with Gasteiger partial charge in [-0.3, -0.25) is 9.69 Å². The third-order valence-corrected chi connectivity index (χ3v) is 6.27. The lowest BCUT2D eigenvalue weighted by molar-refractivity contribution is -0.133. The van der Waals surface area contributed by atoms with E-state index in [1.807, 2.05) is 12.1 Å². The third-order valence-electron chi connectivity index (χ3n) is 6.27. The van der Waals surface area contributed by atoms with Crippen molar-refractivity contribution in [2.45, 2.75) is 37.6 Å². The van der Waals surface area contributed by atoms with Crippen LogP contribution >= 0.6 is 0 Å². The lowest BCUT2D eigenvalue weighted by Crippen LogP contribution is -2.43. The summed E-state index contributed by atoms with van der Waals surface area (Å²) in [6.07, 6.45) is 4.38. The Balaban J connectivity index is 1.34. The number of carbonyl (C=O) groups is 1. The van der Waals surface area contributed by atoms with Crippen molar-refractivity contribution < 1.29 is 9.53 Å². The third kappa shape index (κ3) is 4.22. The van der Waals surface area contributed by atoms with E-state index in [4.69, 9.17) is 4.74 Å². The first-order valence-electron chi connectivity index (χ1n) is 10.5. The van der Waals surface area contributed by atoms with Crippen molar-refractivity contribution in [2.24, 2.45) is 0 Å². The van der Waals surface area contributed by atoms with Crippen molar-refractivity contribution in [3.63, 3.8) is 0 Å². The molecule has 0 spiro atoms. The van der Waals surface area contributed by atoms with Crippen molar-refractivity contribution in [3.8, 4) is 5.75 Å². The van der Waals surface area contributed by atoms with Gasteiger partial charge in [-0.15, -0.1) is 0 Å². The molecule has 0 bridgehead atoms. The predicted molar refractivity (Wildman–Crippen MR) is 112 cm³/mol. The quantitative estimate of drug-likeness (QED) is 0.780. The Hall–Kier alpha value is -2.33. The summed E-state index contributed by atoms with van der Waals surface area (Å²) in [4.78, 5) is 17.5. The fraction of sp³-hybridized carbons (Fsp3) is 0.458. The summed E-state index contributed by atoms with van der Waals surface area (Å²) < 4.78 is 5.37. The summed E-state index contributed by atoms with van der Waals surface area (Å²) >= 11 is 0. The summed E-state index contributed by atoms with van der Waals surface area (Å²) in [6, 6.07) is 19.1. The molecular weight excluding hydrogens is 348 g/mol. The number of carbonyl (C=O) groups excluding carboxylic acids is 1. The number of likely N-dealkylation sites (tertiary alicyclic amines) is 2. The van der Waals surface area contributed by atoms with Crippen LogP contribution in [0, 0.1) is 0 Å². The van der Waals surface area contributed by atoms with E-state index < -0.39 is 0 Å². The highest BCUT2D eigenvalue weighted by Crippen LogP contribution is 2.34. The number of benzene rings is 2. The molecule has 0 radical (unpaired) electrons. The molecule has 0 aromatic heterocycles. The number of ether oxygens (including phenoxy) is 1. The number of piperidine rings is 1. The van der Waals surface area contributed by atoms with Crippen molar-refractivity contribution >= 4 is 5.91 Å². The smallest absolute Gasteiger partial charge is 0.237 e. The second kappa shape index (κ2) is 8.78. The maximum Gasteiger partial charge on any atom is 0.237 e. The molecule has 2 aliphatic heterocycles. The van der Waals surface area contributed by atoms with E-state index in [1.54, 1.807) is 7.11 Å². The zero-order chi connectivity index (χ0) is 19.3. The molecule has 2 saturated heterocycles. The van der Waals surface area contributed by atoms with Gasteiger partial charge in [-0.25, -0.2) is 0 Å². The van der Waals surface area contributed by atoms with Crippen LogP contribution in [0.5, 0.6) is 5.75 Å². The number of hydrogen-bond acceptors (Lipinski definition) is 3. The van der Waals surface area contributed by atoms with Gasteiger partial charge in [0, 0.05) is 6.54 Å². The van der Waals surface area contributed by atoms with E-state index in [0.29, 0.717) is 12.5 Å². The van der Waals surface area contributed by atoms with E-state index in [9.17, 15) is 4.79 Å². The Labute approximate surface area is 168 Å². The van der Waals surface area contributed by atoms with E-state index in [-0.39, 0.29) is 11.9 Å². The fourth-order valence-corrected chi connectivity index (χ4v) is 4.69. The molecular formula is C24H30N2O2. The first-order valence-corrected chi connectivity index (χ1v) is 10.5.